The first-order valence-electron chi connectivity index (χ1n) is 9.49. The van der Waals surface area contributed by atoms with E-state index >= 15 is 0 Å². The van der Waals surface area contributed by atoms with Crippen molar-refractivity contribution in [1.82, 2.24) is 4.98 Å². The van der Waals surface area contributed by atoms with Crippen LogP contribution in [0.5, 0.6) is 0 Å². The highest BCUT2D eigenvalue weighted by molar-refractivity contribution is 7.22. The van der Waals surface area contributed by atoms with Crippen LogP contribution in [0.1, 0.15) is 27.9 Å². The van der Waals surface area contributed by atoms with Crippen LogP contribution in [-0.4, -0.2) is 43.0 Å². The van der Waals surface area contributed by atoms with E-state index in [1.165, 1.54) is 28.4 Å². The predicted molar refractivity (Wildman–Crippen MR) is 116 cm³/mol. The van der Waals surface area contributed by atoms with Gasteiger partial charge in [-0.15, -0.1) is 0 Å². The van der Waals surface area contributed by atoms with Gasteiger partial charge in [0.05, 0.1) is 35.8 Å². The van der Waals surface area contributed by atoms with Crippen LogP contribution in [0.4, 0.5) is 10.8 Å². The number of rotatable bonds is 7. The number of aromatic nitrogens is 1. The highest BCUT2D eigenvalue weighted by atomic mass is 32.1. The second kappa shape index (κ2) is 8.67. The number of carbonyl (C=O) groups excluding carboxylic acids is 1. The number of amides is 1. The zero-order chi connectivity index (χ0) is 21.1. The number of non-ortho nitro benzene ring substituents is 1. The molecule has 1 heterocycles. The zero-order valence-electron chi connectivity index (χ0n) is 17.1. The molecule has 29 heavy (non-hydrogen) atoms. The molecule has 8 heteroatoms. The fourth-order valence-electron chi connectivity index (χ4n) is 3.26. The third kappa shape index (κ3) is 4.78. The minimum Gasteiger partial charge on any atom is -0.340 e. The zero-order valence-corrected chi connectivity index (χ0v) is 17.9. The van der Waals surface area contributed by atoms with Crippen LogP contribution >= 0.6 is 11.3 Å². The first-order valence-corrected chi connectivity index (χ1v) is 10.3. The Morgan fingerprint density at radius 1 is 1.24 bits per heavy atom. The number of anilines is 1. The van der Waals surface area contributed by atoms with Gasteiger partial charge in [-0.05, 0) is 37.1 Å². The Hall–Kier alpha value is -2.84. The number of carbonyl (C=O) groups is 1. The summed E-state index contributed by atoms with van der Waals surface area (Å²) in [5, 5.41) is 11.7. The Labute approximate surface area is 173 Å². The van der Waals surface area contributed by atoms with E-state index in [4.69, 9.17) is 4.98 Å². The molecule has 7 nitrogen and oxygen atoms in total. The summed E-state index contributed by atoms with van der Waals surface area (Å²) in [5.74, 6) is -0.268. The first-order chi connectivity index (χ1) is 13.8. The maximum atomic E-state index is 13.3. The maximum Gasteiger partial charge on any atom is 0.270 e. The van der Waals surface area contributed by atoms with Gasteiger partial charge in [-0.3, -0.25) is 19.8 Å². The van der Waals surface area contributed by atoms with E-state index < -0.39 is 4.92 Å². The second-order valence-electron chi connectivity index (χ2n) is 7.50. The van der Waals surface area contributed by atoms with E-state index in [0.29, 0.717) is 17.2 Å². The normalized spacial score (nSPS) is 11.2. The first kappa shape index (κ1) is 20.9. The fourth-order valence-corrected chi connectivity index (χ4v) is 4.42. The molecule has 0 spiro atoms. The van der Waals surface area contributed by atoms with Crippen molar-refractivity contribution in [3.05, 3.63) is 63.2 Å². The van der Waals surface area contributed by atoms with Crippen molar-refractivity contribution in [3.8, 4) is 0 Å². The molecule has 0 atom stereocenters. The molecule has 152 valence electrons. The molecule has 1 N–H and O–H groups in total. The van der Waals surface area contributed by atoms with Crippen LogP contribution < -0.4 is 9.80 Å². The monoisotopic (exact) mass is 413 g/mol. The maximum absolute atomic E-state index is 13.3. The van der Waals surface area contributed by atoms with Crippen LogP contribution in [0, 0.1) is 24.0 Å². The Balaban J connectivity index is 2.00. The lowest BCUT2D eigenvalue weighted by Gasteiger charge is -2.20. The fraction of sp³-hybridized carbons (Fsp3) is 0.333. The summed E-state index contributed by atoms with van der Waals surface area (Å²) in [5.41, 5.74) is 3.32. The number of thiazole rings is 1. The highest BCUT2D eigenvalue weighted by Gasteiger charge is 2.23. The summed E-state index contributed by atoms with van der Waals surface area (Å²) < 4.78 is 1.03. The molecule has 3 rings (SSSR count). The smallest absolute Gasteiger partial charge is 0.270 e. The number of benzene rings is 2. The number of nitrogens with one attached hydrogen (secondary N) is 1. The molecule has 0 unspecified atom stereocenters. The molecule has 3 aromatic rings. The van der Waals surface area contributed by atoms with Crippen molar-refractivity contribution in [2.75, 3.05) is 32.1 Å². The van der Waals surface area contributed by atoms with Crippen LogP contribution in [0.15, 0.2) is 36.4 Å². The van der Waals surface area contributed by atoms with Crippen molar-refractivity contribution >= 4 is 38.3 Å². The number of quaternary nitrogens is 1. The molecule has 0 fully saturated rings. The Morgan fingerprint density at radius 3 is 2.69 bits per heavy atom. The minimum absolute atomic E-state index is 0.0932. The van der Waals surface area contributed by atoms with Crippen molar-refractivity contribution in [3.63, 3.8) is 0 Å². The number of aryl methyl sites for hydroxylation is 2. The van der Waals surface area contributed by atoms with E-state index in [9.17, 15) is 14.9 Å². The molecular weight excluding hydrogens is 388 g/mol. The Morgan fingerprint density at radius 2 is 2.00 bits per heavy atom. The average molecular weight is 414 g/mol. The summed E-state index contributed by atoms with van der Waals surface area (Å²) in [6.45, 7) is 5.46. The SMILES string of the molecule is Cc1cc(C)c2nc(N(CCC[NH+](C)C)C(=O)c3cccc([N+](=O)[O-])c3)sc2c1. The molecule has 1 aromatic heterocycles. The van der Waals surface area contributed by atoms with Gasteiger partial charge < -0.3 is 4.90 Å². The topological polar surface area (TPSA) is 80.8 Å². The third-order valence-electron chi connectivity index (χ3n) is 4.66. The molecule has 0 aliphatic carbocycles. The van der Waals surface area contributed by atoms with Crippen LogP contribution in [-0.2, 0) is 0 Å². The van der Waals surface area contributed by atoms with E-state index in [-0.39, 0.29) is 11.6 Å². The molecule has 0 bridgehead atoms. The van der Waals surface area contributed by atoms with Crippen molar-refractivity contribution < 1.29 is 14.6 Å². The molecule has 0 radical (unpaired) electrons. The van der Waals surface area contributed by atoms with Gasteiger partial charge in [-0.2, -0.15) is 0 Å². The van der Waals surface area contributed by atoms with Crippen LogP contribution in [0.3, 0.4) is 0 Å². The number of hydrogen-bond acceptors (Lipinski definition) is 5. The largest absolute Gasteiger partial charge is 0.340 e. The lowest BCUT2D eigenvalue weighted by molar-refractivity contribution is -0.858. The van der Waals surface area contributed by atoms with Gasteiger partial charge in [0, 0.05) is 30.7 Å². The van der Waals surface area contributed by atoms with E-state index in [1.807, 2.05) is 13.8 Å². The summed E-state index contributed by atoms with van der Waals surface area (Å²) >= 11 is 1.48. The van der Waals surface area contributed by atoms with Crippen molar-refractivity contribution in [1.29, 1.82) is 0 Å². The van der Waals surface area contributed by atoms with E-state index in [1.54, 1.807) is 17.0 Å². The van der Waals surface area contributed by atoms with Gasteiger partial charge in [0.15, 0.2) is 5.13 Å². The number of nitro groups is 1. The number of nitro benzene ring substituents is 1. The van der Waals surface area contributed by atoms with Crippen molar-refractivity contribution in [2.24, 2.45) is 0 Å². The molecule has 0 aliphatic rings. The van der Waals surface area contributed by atoms with Gasteiger partial charge in [0.25, 0.3) is 11.6 Å². The van der Waals surface area contributed by atoms with Gasteiger partial charge in [-0.1, -0.05) is 23.5 Å². The summed E-state index contributed by atoms with van der Waals surface area (Å²) in [7, 11) is 4.13. The quantitative estimate of drug-likeness (QED) is 0.477. The summed E-state index contributed by atoms with van der Waals surface area (Å²) in [6, 6.07) is 10.0. The summed E-state index contributed by atoms with van der Waals surface area (Å²) in [6.07, 6.45) is 0.803. The van der Waals surface area contributed by atoms with Crippen LogP contribution in [0.25, 0.3) is 10.2 Å². The molecular formula is C21H25N4O3S+. The lowest BCUT2D eigenvalue weighted by atomic mass is 10.1. The summed E-state index contributed by atoms with van der Waals surface area (Å²) in [4.78, 5) is 31.6. The molecule has 2 aromatic carbocycles. The highest BCUT2D eigenvalue weighted by Crippen LogP contribution is 2.32. The van der Waals surface area contributed by atoms with Gasteiger partial charge in [0.1, 0.15) is 0 Å². The van der Waals surface area contributed by atoms with E-state index in [2.05, 4.69) is 26.2 Å². The lowest BCUT2D eigenvalue weighted by Crippen LogP contribution is -3.05. The molecule has 0 saturated carbocycles. The number of fused-ring (bicyclic) bond motifs is 1. The third-order valence-corrected chi connectivity index (χ3v) is 5.68. The van der Waals surface area contributed by atoms with Gasteiger partial charge in [0.2, 0.25) is 0 Å². The van der Waals surface area contributed by atoms with Crippen LogP contribution in [0.2, 0.25) is 0 Å². The Kier molecular flexibility index (Phi) is 6.24. The van der Waals surface area contributed by atoms with Gasteiger partial charge >= 0.3 is 0 Å². The van der Waals surface area contributed by atoms with Crippen molar-refractivity contribution in [2.45, 2.75) is 20.3 Å². The second-order valence-corrected chi connectivity index (χ2v) is 8.51. The molecule has 0 saturated heterocycles. The van der Waals surface area contributed by atoms with Gasteiger partial charge in [-0.25, -0.2) is 4.98 Å². The minimum atomic E-state index is -0.486. The number of nitrogens with zero attached hydrogens (tertiary/aromatic N) is 3. The number of hydrogen-bond donors (Lipinski definition) is 1. The Bertz CT molecular complexity index is 1060. The average Bonchev–Trinajstić information content (AvgIpc) is 3.08. The van der Waals surface area contributed by atoms with E-state index in [0.717, 1.165) is 34.3 Å². The standard InChI is InChI=1S/C21H24N4O3S/c1-14-11-15(2)19-18(12-14)29-21(22-19)24(10-6-9-23(3)4)20(26)16-7-5-8-17(13-16)25(27)28/h5,7-8,11-13H,6,9-10H2,1-4H3/p+1. The molecule has 0 aliphatic heterocycles. The predicted octanol–water partition coefficient (Wildman–Crippen LogP) is 3.00. The molecule has 1 amide bonds.